The van der Waals surface area contributed by atoms with E-state index in [-0.39, 0.29) is 18.1 Å². The summed E-state index contributed by atoms with van der Waals surface area (Å²) in [5, 5.41) is 6.25. The average Bonchev–Trinajstić information content (AvgIpc) is 2.37. The van der Waals surface area contributed by atoms with Crippen molar-refractivity contribution in [2.75, 3.05) is 19.6 Å². The zero-order valence-electron chi connectivity index (χ0n) is 12.0. The molecule has 106 valence electrons. The predicted molar refractivity (Wildman–Crippen MR) is 73.5 cm³/mol. The van der Waals surface area contributed by atoms with E-state index < -0.39 is 0 Å². The molecule has 2 N–H and O–H groups in total. The van der Waals surface area contributed by atoms with Crippen molar-refractivity contribution >= 4 is 5.91 Å². The molecule has 1 fully saturated rings. The maximum atomic E-state index is 11.8. The van der Waals surface area contributed by atoms with Crippen molar-refractivity contribution in [3.8, 4) is 0 Å². The summed E-state index contributed by atoms with van der Waals surface area (Å²) in [5.74, 6) is 0.547. The SMILES string of the molecule is CCCCCNC(=O)C(C)OC1CNCCC1C. The molecule has 1 aliphatic rings. The zero-order valence-corrected chi connectivity index (χ0v) is 12.0. The van der Waals surface area contributed by atoms with E-state index in [4.69, 9.17) is 4.74 Å². The highest BCUT2D eigenvalue weighted by Gasteiger charge is 2.25. The van der Waals surface area contributed by atoms with Crippen LogP contribution < -0.4 is 10.6 Å². The second-order valence-electron chi connectivity index (χ2n) is 5.28. The number of piperidine rings is 1. The highest BCUT2D eigenvalue weighted by atomic mass is 16.5. The molecule has 0 aromatic heterocycles. The van der Waals surface area contributed by atoms with Gasteiger partial charge in [-0.1, -0.05) is 26.7 Å². The number of carbonyl (C=O) groups is 1. The summed E-state index contributed by atoms with van der Waals surface area (Å²) in [4.78, 5) is 11.8. The van der Waals surface area contributed by atoms with Crippen LogP contribution in [0.4, 0.5) is 0 Å². The third-order valence-electron chi connectivity index (χ3n) is 3.58. The van der Waals surface area contributed by atoms with Gasteiger partial charge in [-0.25, -0.2) is 0 Å². The molecule has 3 unspecified atom stereocenters. The lowest BCUT2D eigenvalue weighted by Crippen LogP contribution is -2.45. The molecule has 18 heavy (non-hydrogen) atoms. The Labute approximate surface area is 111 Å². The fourth-order valence-electron chi connectivity index (χ4n) is 2.20. The van der Waals surface area contributed by atoms with E-state index in [2.05, 4.69) is 24.5 Å². The molecular weight excluding hydrogens is 228 g/mol. The van der Waals surface area contributed by atoms with Gasteiger partial charge >= 0.3 is 0 Å². The number of hydrogen-bond donors (Lipinski definition) is 2. The summed E-state index contributed by atoms with van der Waals surface area (Å²) >= 11 is 0. The van der Waals surface area contributed by atoms with Crippen molar-refractivity contribution < 1.29 is 9.53 Å². The van der Waals surface area contributed by atoms with Crippen LogP contribution >= 0.6 is 0 Å². The molecule has 4 heteroatoms. The first-order valence-electron chi connectivity index (χ1n) is 7.29. The van der Waals surface area contributed by atoms with Crippen molar-refractivity contribution in [2.45, 2.75) is 58.7 Å². The Hall–Kier alpha value is -0.610. The van der Waals surface area contributed by atoms with E-state index in [1.807, 2.05) is 6.92 Å². The molecule has 1 aliphatic heterocycles. The molecular formula is C14H28N2O2. The molecule has 0 bridgehead atoms. The van der Waals surface area contributed by atoms with Crippen molar-refractivity contribution in [2.24, 2.45) is 5.92 Å². The minimum absolute atomic E-state index is 0.0175. The molecule has 0 saturated carbocycles. The minimum Gasteiger partial charge on any atom is -0.364 e. The maximum absolute atomic E-state index is 11.8. The van der Waals surface area contributed by atoms with Gasteiger partial charge in [-0.2, -0.15) is 0 Å². The third-order valence-corrected chi connectivity index (χ3v) is 3.58. The van der Waals surface area contributed by atoms with Gasteiger partial charge < -0.3 is 15.4 Å². The number of nitrogens with one attached hydrogen (secondary N) is 2. The molecule has 0 spiro atoms. The Morgan fingerprint density at radius 2 is 2.28 bits per heavy atom. The van der Waals surface area contributed by atoms with Gasteiger partial charge in [-0.05, 0) is 32.2 Å². The summed E-state index contributed by atoms with van der Waals surface area (Å²) in [6.45, 7) is 8.87. The van der Waals surface area contributed by atoms with Crippen LogP contribution in [-0.4, -0.2) is 37.7 Å². The van der Waals surface area contributed by atoms with Gasteiger partial charge in [-0.3, -0.25) is 4.79 Å². The molecule has 0 aromatic carbocycles. The van der Waals surface area contributed by atoms with Crippen LogP contribution in [0.25, 0.3) is 0 Å². The first-order valence-corrected chi connectivity index (χ1v) is 7.29. The molecule has 1 heterocycles. The van der Waals surface area contributed by atoms with Crippen molar-refractivity contribution in [3.05, 3.63) is 0 Å². The van der Waals surface area contributed by atoms with Gasteiger partial charge in [0.05, 0.1) is 6.10 Å². The highest BCUT2D eigenvalue weighted by molar-refractivity contribution is 5.80. The van der Waals surface area contributed by atoms with Crippen molar-refractivity contribution in [1.82, 2.24) is 10.6 Å². The Kier molecular flexibility index (Phi) is 7.28. The lowest BCUT2D eigenvalue weighted by molar-refractivity contribution is -0.137. The fraction of sp³-hybridized carbons (Fsp3) is 0.929. The fourth-order valence-corrected chi connectivity index (χ4v) is 2.20. The summed E-state index contributed by atoms with van der Waals surface area (Å²) in [5.41, 5.74) is 0. The lowest BCUT2D eigenvalue weighted by Gasteiger charge is -2.31. The molecule has 1 saturated heterocycles. The van der Waals surface area contributed by atoms with Gasteiger partial charge in [0.1, 0.15) is 6.10 Å². The topological polar surface area (TPSA) is 50.4 Å². The van der Waals surface area contributed by atoms with Gasteiger partial charge in [-0.15, -0.1) is 0 Å². The summed E-state index contributed by atoms with van der Waals surface area (Å²) in [6, 6.07) is 0. The average molecular weight is 256 g/mol. The van der Waals surface area contributed by atoms with E-state index in [1.54, 1.807) is 0 Å². The van der Waals surface area contributed by atoms with Crippen molar-refractivity contribution in [3.63, 3.8) is 0 Å². The number of rotatable bonds is 7. The first kappa shape index (κ1) is 15.4. The Morgan fingerprint density at radius 3 is 2.94 bits per heavy atom. The highest BCUT2D eigenvalue weighted by Crippen LogP contribution is 2.16. The monoisotopic (exact) mass is 256 g/mol. The van der Waals surface area contributed by atoms with Crippen LogP contribution in [0, 0.1) is 5.92 Å². The first-order chi connectivity index (χ1) is 8.65. The summed E-state index contributed by atoms with van der Waals surface area (Å²) in [7, 11) is 0. The number of ether oxygens (including phenoxy) is 1. The zero-order chi connectivity index (χ0) is 13.4. The molecule has 4 nitrogen and oxygen atoms in total. The van der Waals surface area contributed by atoms with Crippen molar-refractivity contribution in [1.29, 1.82) is 0 Å². The van der Waals surface area contributed by atoms with Gasteiger partial charge in [0.25, 0.3) is 0 Å². The van der Waals surface area contributed by atoms with Crippen LogP contribution in [0.1, 0.15) is 46.5 Å². The minimum atomic E-state index is -0.348. The molecule has 1 amide bonds. The van der Waals surface area contributed by atoms with Crippen LogP contribution in [0.2, 0.25) is 0 Å². The normalized spacial score (nSPS) is 25.7. The number of unbranched alkanes of at least 4 members (excludes halogenated alkanes) is 2. The number of carbonyl (C=O) groups excluding carboxylic acids is 1. The van der Waals surface area contributed by atoms with Gasteiger partial charge in [0.2, 0.25) is 5.91 Å². The molecule has 1 rings (SSSR count). The standard InChI is InChI=1S/C14H28N2O2/c1-4-5-6-8-16-14(17)12(3)18-13-10-15-9-7-11(13)2/h11-13,15H,4-10H2,1-3H3,(H,16,17). The molecule has 0 aliphatic carbocycles. The summed E-state index contributed by atoms with van der Waals surface area (Å²) in [6.07, 6.45) is 4.33. The number of amides is 1. The number of hydrogen-bond acceptors (Lipinski definition) is 3. The largest absolute Gasteiger partial charge is 0.364 e. The van der Waals surface area contributed by atoms with Crippen LogP contribution in [0.3, 0.4) is 0 Å². The lowest BCUT2D eigenvalue weighted by atomic mass is 9.97. The Balaban J connectivity index is 2.21. The van der Waals surface area contributed by atoms with Crippen LogP contribution in [0.5, 0.6) is 0 Å². The smallest absolute Gasteiger partial charge is 0.248 e. The Morgan fingerprint density at radius 1 is 1.50 bits per heavy atom. The van der Waals surface area contributed by atoms with E-state index in [0.717, 1.165) is 32.5 Å². The summed E-state index contributed by atoms with van der Waals surface area (Å²) < 4.78 is 5.85. The second-order valence-corrected chi connectivity index (χ2v) is 5.28. The molecule has 3 atom stereocenters. The quantitative estimate of drug-likeness (QED) is 0.682. The van der Waals surface area contributed by atoms with E-state index >= 15 is 0 Å². The molecule has 0 aromatic rings. The predicted octanol–water partition coefficient (Wildman–Crippen LogP) is 1.70. The van der Waals surface area contributed by atoms with E-state index in [1.165, 1.54) is 12.8 Å². The molecule has 0 radical (unpaired) electrons. The third kappa shape index (κ3) is 5.36. The van der Waals surface area contributed by atoms with E-state index in [9.17, 15) is 4.79 Å². The van der Waals surface area contributed by atoms with Crippen LogP contribution in [0.15, 0.2) is 0 Å². The maximum Gasteiger partial charge on any atom is 0.248 e. The van der Waals surface area contributed by atoms with Gasteiger partial charge in [0, 0.05) is 13.1 Å². The van der Waals surface area contributed by atoms with Crippen LogP contribution in [-0.2, 0) is 9.53 Å². The second kappa shape index (κ2) is 8.48. The van der Waals surface area contributed by atoms with Gasteiger partial charge in [0.15, 0.2) is 0 Å². The van der Waals surface area contributed by atoms with E-state index in [0.29, 0.717) is 5.92 Å². The Bertz CT molecular complexity index is 246.